The van der Waals surface area contributed by atoms with Crippen molar-refractivity contribution in [1.82, 2.24) is 9.55 Å². The van der Waals surface area contributed by atoms with E-state index in [4.69, 9.17) is 9.88 Å². The monoisotopic (exact) mass is 463 g/mol. The summed E-state index contributed by atoms with van der Waals surface area (Å²) in [4.78, 5) is 29.0. The fraction of sp³-hybridized carbons (Fsp3) is 0.250. The largest absolute Gasteiger partial charge is 0.493 e. The quantitative estimate of drug-likeness (QED) is 0.220. The maximum atomic E-state index is 12.9. The number of esters is 1. The van der Waals surface area contributed by atoms with E-state index in [0.717, 1.165) is 0 Å². The summed E-state index contributed by atoms with van der Waals surface area (Å²) >= 11 is 1.32. The third kappa shape index (κ3) is 5.84. The number of primary sulfonamides is 1. The van der Waals surface area contributed by atoms with Gasteiger partial charge in [-0.05, 0) is 36.4 Å². The lowest BCUT2D eigenvalue weighted by atomic mass is 10.2. The molecule has 0 atom stereocenters. The zero-order valence-electron chi connectivity index (χ0n) is 16.7. The minimum absolute atomic E-state index is 0.00390. The maximum Gasteiger partial charge on any atom is 0.307 e. The SMILES string of the molecule is COC(=O)CCn1c(SCCOc2ccc(S(N)(=O)=O)cc2)nc2ccccc2c1=O. The molecule has 2 N–H and O–H groups in total. The van der Waals surface area contributed by atoms with Crippen LogP contribution in [0.1, 0.15) is 6.42 Å². The van der Waals surface area contributed by atoms with Gasteiger partial charge in [0.25, 0.3) is 5.56 Å². The lowest BCUT2D eigenvalue weighted by molar-refractivity contribution is -0.140. The van der Waals surface area contributed by atoms with Crippen LogP contribution in [0.3, 0.4) is 0 Å². The number of carbonyl (C=O) groups is 1. The van der Waals surface area contributed by atoms with Crippen molar-refractivity contribution < 1.29 is 22.7 Å². The average Bonchev–Trinajstić information content (AvgIpc) is 2.76. The summed E-state index contributed by atoms with van der Waals surface area (Å²) in [5.41, 5.74) is 0.348. The number of methoxy groups -OCH3 is 1. The number of hydrogen-bond acceptors (Lipinski definition) is 8. The Labute approximate surface area is 183 Å². The van der Waals surface area contributed by atoms with Gasteiger partial charge in [0.1, 0.15) is 5.75 Å². The van der Waals surface area contributed by atoms with Crippen LogP contribution in [-0.4, -0.2) is 43.4 Å². The van der Waals surface area contributed by atoms with Crippen molar-refractivity contribution in [3.8, 4) is 5.75 Å². The molecule has 0 saturated heterocycles. The van der Waals surface area contributed by atoms with E-state index >= 15 is 0 Å². The molecule has 1 aromatic heterocycles. The van der Waals surface area contributed by atoms with Gasteiger partial charge in [-0.25, -0.2) is 18.5 Å². The van der Waals surface area contributed by atoms with Crippen LogP contribution in [0.4, 0.5) is 0 Å². The van der Waals surface area contributed by atoms with Crippen LogP contribution < -0.4 is 15.4 Å². The molecule has 164 valence electrons. The highest BCUT2D eigenvalue weighted by atomic mass is 32.2. The Balaban J connectivity index is 1.71. The van der Waals surface area contributed by atoms with Gasteiger partial charge in [0.15, 0.2) is 5.16 Å². The Morgan fingerprint density at radius 2 is 1.87 bits per heavy atom. The van der Waals surface area contributed by atoms with Crippen molar-refractivity contribution in [3.05, 3.63) is 58.9 Å². The second-order valence-corrected chi connectivity index (χ2v) is 9.03. The van der Waals surface area contributed by atoms with Gasteiger partial charge in [0.05, 0.1) is 35.9 Å². The standard InChI is InChI=1S/C20H21N3O6S2/c1-28-18(24)10-11-23-19(25)16-4-2-3-5-17(16)22-20(23)30-13-12-29-14-6-8-15(9-7-14)31(21,26)27/h2-9H,10-13H2,1H3,(H2,21,26,27). The summed E-state index contributed by atoms with van der Waals surface area (Å²) in [6.45, 7) is 0.445. The van der Waals surface area contributed by atoms with Crippen molar-refractivity contribution in [2.75, 3.05) is 19.5 Å². The fourth-order valence-corrected chi connectivity index (χ4v) is 4.14. The highest BCUT2D eigenvalue weighted by Gasteiger charge is 2.13. The molecule has 0 spiro atoms. The number of nitrogens with two attached hydrogens (primary N) is 1. The van der Waals surface area contributed by atoms with Gasteiger partial charge in [0, 0.05) is 12.3 Å². The number of para-hydroxylation sites is 1. The topological polar surface area (TPSA) is 131 Å². The molecule has 0 amide bonds. The average molecular weight is 464 g/mol. The van der Waals surface area contributed by atoms with Gasteiger partial charge in [-0.3, -0.25) is 14.2 Å². The first-order chi connectivity index (χ1) is 14.8. The van der Waals surface area contributed by atoms with Gasteiger partial charge in [-0.15, -0.1) is 0 Å². The van der Waals surface area contributed by atoms with Crippen molar-refractivity contribution in [1.29, 1.82) is 0 Å². The third-order valence-electron chi connectivity index (χ3n) is 4.33. The van der Waals surface area contributed by atoms with Gasteiger partial charge >= 0.3 is 5.97 Å². The maximum absolute atomic E-state index is 12.9. The molecule has 0 unspecified atom stereocenters. The van der Waals surface area contributed by atoms with Crippen molar-refractivity contribution >= 4 is 38.7 Å². The number of nitrogens with zero attached hydrogens (tertiary/aromatic N) is 2. The normalized spacial score (nSPS) is 11.4. The summed E-state index contributed by atoms with van der Waals surface area (Å²) in [5.74, 6) is 0.546. The summed E-state index contributed by atoms with van der Waals surface area (Å²) < 4.78 is 34.4. The first-order valence-corrected chi connectivity index (χ1v) is 11.8. The van der Waals surface area contributed by atoms with E-state index in [9.17, 15) is 18.0 Å². The van der Waals surface area contributed by atoms with Gasteiger partial charge < -0.3 is 9.47 Å². The molecule has 0 aliphatic heterocycles. The number of sulfonamides is 1. The number of rotatable bonds is 9. The number of thioether (sulfide) groups is 1. The molecule has 9 nitrogen and oxygen atoms in total. The van der Waals surface area contributed by atoms with Crippen LogP contribution in [0, 0.1) is 0 Å². The van der Waals surface area contributed by atoms with Crippen molar-refractivity contribution in [3.63, 3.8) is 0 Å². The molecule has 31 heavy (non-hydrogen) atoms. The predicted molar refractivity (Wildman–Crippen MR) is 117 cm³/mol. The van der Waals surface area contributed by atoms with Crippen LogP contribution >= 0.6 is 11.8 Å². The molecule has 2 aromatic carbocycles. The summed E-state index contributed by atoms with van der Waals surface area (Å²) in [6, 6.07) is 12.8. The second-order valence-electron chi connectivity index (χ2n) is 6.41. The van der Waals surface area contributed by atoms with Crippen LogP contribution in [0.5, 0.6) is 5.75 Å². The number of benzene rings is 2. The van der Waals surface area contributed by atoms with Crippen LogP contribution in [-0.2, 0) is 26.1 Å². The molecule has 0 aliphatic rings. The minimum atomic E-state index is -3.75. The van der Waals surface area contributed by atoms with E-state index in [-0.39, 0.29) is 23.4 Å². The molecule has 0 saturated carbocycles. The molecule has 0 fully saturated rings. The molecule has 0 bridgehead atoms. The number of ether oxygens (including phenoxy) is 2. The van der Waals surface area contributed by atoms with E-state index in [1.165, 1.54) is 47.7 Å². The van der Waals surface area contributed by atoms with Gasteiger partial charge in [-0.1, -0.05) is 23.9 Å². The molecule has 1 heterocycles. The molecule has 11 heteroatoms. The van der Waals surface area contributed by atoms with Crippen molar-refractivity contribution in [2.45, 2.75) is 23.0 Å². The predicted octanol–water partition coefficient (Wildman–Crippen LogP) is 1.78. The highest BCUT2D eigenvalue weighted by Crippen LogP contribution is 2.19. The van der Waals surface area contributed by atoms with Crippen LogP contribution in [0.2, 0.25) is 0 Å². The van der Waals surface area contributed by atoms with E-state index in [1.54, 1.807) is 24.3 Å². The summed E-state index contributed by atoms with van der Waals surface area (Å²) in [7, 11) is -2.46. The van der Waals surface area contributed by atoms with E-state index in [2.05, 4.69) is 9.72 Å². The second kappa shape index (κ2) is 9.94. The Kier molecular flexibility index (Phi) is 7.31. The number of carbonyl (C=O) groups excluding carboxylic acids is 1. The van der Waals surface area contributed by atoms with Crippen LogP contribution in [0.15, 0.2) is 63.4 Å². The molecule has 3 rings (SSSR count). The minimum Gasteiger partial charge on any atom is -0.493 e. The summed E-state index contributed by atoms with van der Waals surface area (Å²) in [5, 5.41) is 6.02. The molecule has 3 aromatic rings. The first-order valence-electron chi connectivity index (χ1n) is 9.24. The first kappa shape index (κ1) is 22.8. The van der Waals surface area contributed by atoms with E-state index in [1.807, 2.05) is 0 Å². The molecule has 0 radical (unpaired) electrons. The smallest absolute Gasteiger partial charge is 0.307 e. The van der Waals surface area contributed by atoms with Gasteiger partial charge in [0.2, 0.25) is 10.0 Å². The lowest BCUT2D eigenvalue weighted by Gasteiger charge is -2.13. The number of aromatic nitrogens is 2. The van der Waals surface area contributed by atoms with E-state index in [0.29, 0.717) is 34.2 Å². The summed E-state index contributed by atoms with van der Waals surface area (Å²) in [6.07, 6.45) is 0.0525. The molecular weight excluding hydrogens is 442 g/mol. The van der Waals surface area contributed by atoms with Gasteiger partial charge in [-0.2, -0.15) is 0 Å². The zero-order valence-corrected chi connectivity index (χ0v) is 18.3. The highest BCUT2D eigenvalue weighted by molar-refractivity contribution is 7.99. The van der Waals surface area contributed by atoms with E-state index < -0.39 is 16.0 Å². The Morgan fingerprint density at radius 1 is 1.16 bits per heavy atom. The zero-order chi connectivity index (χ0) is 22.4. The third-order valence-corrected chi connectivity index (χ3v) is 6.20. The molecule has 0 aliphatic carbocycles. The Morgan fingerprint density at radius 3 is 2.55 bits per heavy atom. The van der Waals surface area contributed by atoms with Crippen molar-refractivity contribution in [2.24, 2.45) is 5.14 Å². The Hall–Kier alpha value is -2.89. The van der Waals surface area contributed by atoms with Crippen LogP contribution in [0.25, 0.3) is 10.9 Å². The lowest BCUT2D eigenvalue weighted by Crippen LogP contribution is -2.25. The fourth-order valence-electron chi connectivity index (χ4n) is 2.78. The number of fused-ring (bicyclic) bond motifs is 1. The number of hydrogen-bond donors (Lipinski definition) is 1. The molecular formula is C20H21N3O6S2. The Bertz CT molecular complexity index is 1240.